The molecule has 0 saturated carbocycles. The molecule has 5 aromatic rings. The molecule has 0 atom stereocenters. The van der Waals surface area contributed by atoms with Crippen molar-refractivity contribution in [1.29, 1.82) is 0 Å². The van der Waals surface area contributed by atoms with Gasteiger partial charge in [0.1, 0.15) is 12.1 Å². The largest absolute Gasteiger partial charge is 0.504 e. The molecule has 0 fully saturated rings. The fourth-order valence-corrected chi connectivity index (χ4v) is 5.12. The maximum atomic E-state index is 14.0. The van der Waals surface area contributed by atoms with E-state index in [1.807, 2.05) is 0 Å². The molecule has 10 nitrogen and oxygen atoms in total. The molecule has 0 aliphatic carbocycles. The summed E-state index contributed by atoms with van der Waals surface area (Å²) in [7, 11) is 2.84. The van der Waals surface area contributed by atoms with Gasteiger partial charge in [0.15, 0.2) is 17.2 Å². The molecule has 0 unspecified atom stereocenters. The number of aromatic hydroxyl groups is 1. The predicted molar refractivity (Wildman–Crippen MR) is 138 cm³/mol. The molecule has 13 heteroatoms. The lowest BCUT2D eigenvalue weighted by Gasteiger charge is -2.30. The van der Waals surface area contributed by atoms with Gasteiger partial charge in [0.25, 0.3) is 5.91 Å². The van der Waals surface area contributed by atoms with E-state index in [1.54, 1.807) is 41.5 Å². The SMILES string of the molecule is COc1cc2ncnc(N3CCc4c(cc(Cn5ccnc5)cc4-c4cn(C)nc4C(F)(F)F)C3=O)c2cc1O. The highest BCUT2D eigenvalue weighted by Gasteiger charge is 2.39. The van der Waals surface area contributed by atoms with Crippen molar-refractivity contribution in [3.05, 3.63) is 77.9 Å². The molecule has 1 aliphatic rings. The number of methoxy groups -OCH3 is 1. The van der Waals surface area contributed by atoms with Gasteiger partial charge >= 0.3 is 6.18 Å². The average Bonchev–Trinajstić information content (AvgIpc) is 3.58. The fourth-order valence-electron chi connectivity index (χ4n) is 5.12. The first-order valence-electron chi connectivity index (χ1n) is 12.2. The third-order valence-electron chi connectivity index (χ3n) is 6.85. The molecule has 1 amide bonds. The van der Waals surface area contributed by atoms with Gasteiger partial charge < -0.3 is 14.4 Å². The van der Waals surface area contributed by atoms with Crippen LogP contribution in [0.4, 0.5) is 19.0 Å². The van der Waals surface area contributed by atoms with E-state index in [0.29, 0.717) is 34.1 Å². The van der Waals surface area contributed by atoms with Crippen LogP contribution in [-0.2, 0) is 26.2 Å². The number of halogens is 3. The number of rotatable bonds is 5. The highest BCUT2D eigenvalue weighted by atomic mass is 19.4. The Kier molecular flexibility index (Phi) is 5.93. The van der Waals surface area contributed by atoms with Crippen molar-refractivity contribution >= 4 is 22.6 Å². The lowest BCUT2D eigenvalue weighted by Crippen LogP contribution is -2.38. The Labute approximate surface area is 225 Å². The standard InChI is InChI=1S/C27H22F3N7O3/c1-35-12-20(24(34-35)27(28,29)30)17-7-15(11-36-6-4-31-14-36)8-18-16(17)3-5-37(26(18)39)25-19-9-22(38)23(40-2)10-21(19)32-13-33-25/h4,6-10,12-14,38H,3,5,11H2,1-2H3. The molecular formula is C27H22F3N7O3. The number of fused-ring (bicyclic) bond motifs is 2. The maximum absolute atomic E-state index is 14.0. The number of phenolic OH excluding ortho intramolecular Hbond substituents is 1. The topological polar surface area (TPSA) is 111 Å². The van der Waals surface area contributed by atoms with Crippen molar-refractivity contribution in [2.45, 2.75) is 19.1 Å². The highest BCUT2D eigenvalue weighted by molar-refractivity contribution is 6.12. The van der Waals surface area contributed by atoms with Crippen LogP contribution in [-0.4, -0.2) is 54.0 Å². The van der Waals surface area contributed by atoms with E-state index in [2.05, 4.69) is 20.1 Å². The summed E-state index contributed by atoms with van der Waals surface area (Å²) < 4.78 is 50.0. The molecular weight excluding hydrogens is 527 g/mol. The number of nitrogens with zero attached hydrogens (tertiary/aromatic N) is 7. The number of aryl methyl sites for hydroxylation is 1. The van der Waals surface area contributed by atoms with E-state index in [4.69, 9.17) is 4.74 Å². The lowest BCUT2D eigenvalue weighted by atomic mass is 9.88. The molecule has 1 N–H and O–H groups in total. The van der Waals surface area contributed by atoms with E-state index in [9.17, 15) is 23.1 Å². The van der Waals surface area contributed by atoms with Gasteiger partial charge in [0.05, 0.1) is 19.0 Å². The van der Waals surface area contributed by atoms with Crippen LogP contribution in [0.3, 0.4) is 0 Å². The minimum atomic E-state index is -4.68. The summed E-state index contributed by atoms with van der Waals surface area (Å²) in [6.45, 7) is 0.444. The molecule has 2 aromatic carbocycles. The molecule has 1 aliphatic heterocycles. The normalized spacial score (nSPS) is 13.6. The van der Waals surface area contributed by atoms with Gasteiger partial charge in [-0.1, -0.05) is 0 Å². The van der Waals surface area contributed by atoms with Crippen molar-refractivity contribution in [3.63, 3.8) is 0 Å². The van der Waals surface area contributed by atoms with Crippen molar-refractivity contribution in [1.82, 2.24) is 29.3 Å². The number of anilines is 1. The fraction of sp³-hybridized carbons (Fsp3) is 0.222. The third kappa shape index (κ3) is 4.28. The number of aromatic nitrogens is 6. The minimum absolute atomic E-state index is 0.0931. The lowest BCUT2D eigenvalue weighted by molar-refractivity contribution is -0.140. The van der Waals surface area contributed by atoms with Gasteiger partial charge in [-0.2, -0.15) is 18.3 Å². The average molecular weight is 550 g/mol. The number of carbonyl (C=O) groups is 1. The molecule has 0 bridgehead atoms. The molecule has 0 saturated heterocycles. The van der Waals surface area contributed by atoms with Gasteiger partial charge in [-0.3, -0.25) is 14.4 Å². The number of alkyl halides is 3. The summed E-state index contributed by atoms with van der Waals surface area (Å²) in [4.78, 5) is 28.1. The Morgan fingerprint density at radius 3 is 2.62 bits per heavy atom. The molecule has 204 valence electrons. The van der Waals surface area contributed by atoms with Crippen LogP contribution in [0.25, 0.3) is 22.0 Å². The van der Waals surface area contributed by atoms with Crippen LogP contribution >= 0.6 is 0 Å². The van der Waals surface area contributed by atoms with Crippen molar-refractivity contribution in [2.75, 3.05) is 18.6 Å². The summed E-state index contributed by atoms with van der Waals surface area (Å²) in [6.07, 6.45) is 3.13. The minimum Gasteiger partial charge on any atom is -0.504 e. The Morgan fingerprint density at radius 1 is 1.10 bits per heavy atom. The number of hydrogen-bond acceptors (Lipinski definition) is 7. The highest BCUT2D eigenvalue weighted by Crippen LogP contribution is 2.41. The number of benzene rings is 2. The second kappa shape index (κ2) is 9.36. The molecule has 0 spiro atoms. The van der Waals surface area contributed by atoms with Crippen LogP contribution in [0.2, 0.25) is 0 Å². The summed E-state index contributed by atoms with van der Waals surface area (Å²) in [5, 5.41) is 14.5. The molecule has 6 rings (SSSR count). The summed E-state index contributed by atoms with van der Waals surface area (Å²) >= 11 is 0. The van der Waals surface area contributed by atoms with E-state index < -0.39 is 17.8 Å². The van der Waals surface area contributed by atoms with Crippen LogP contribution < -0.4 is 9.64 Å². The zero-order valence-electron chi connectivity index (χ0n) is 21.3. The van der Waals surface area contributed by atoms with E-state index in [-0.39, 0.29) is 41.4 Å². The summed E-state index contributed by atoms with van der Waals surface area (Å²) in [6, 6.07) is 6.35. The smallest absolute Gasteiger partial charge is 0.435 e. The van der Waals surface area contributed by atoms with E-state index in [1.165, 1.54) is 37.6 Å². The van der Waals surface area contributed by atoms with Gasteiger partial charge in [-0.25, -0.2) is 15.0 Å². The number of amides is 1. The Balaban J connectivity index is 1.51. The summed E-state index contributed by atoms with van der Waals surface area (Å²) in [5.74, 6) is -0.0736. The Hall–Kier alpha value is -4.94. The van der Waals surface area contributed by atoms with Gasteiger partial charge in [-0.05, 0) is 41.3 Å². The third-order valence-corrected chi connectivity index (χ3v) is 6.85. The molecule has 40 heavy (non-hydrogen) atoms. The first-order valence-corrected chi connectivity index (χ1v) is 12.2. The second-order valence-corrected chi connectivity index (χ2v) is 9.41. The Morgan fingerprint density at radius 2 is 1.90 bits per heavy atom. The zero-order chi connectivity index (χ0) is 28.2. The van der Waals surface area contributed by atoms with Crippen molar-refractivity contribution < 1.29 is 27.8 Å². The number of phenols is 1. The van der Waals surface area contributed by atoms with Crippen LogP contribution in [0.15, 0.2) is 55.5 Å². The van der Waals surface area contributed by atoms with Gasteiger partial charge in [0, 0.05) is 61.3 Å². The number of carbonyl (C=O) groups excluding carboxylic acids is 1. The van der Waals surface area contributed by atoms with Crippen LogP contribution in [0, 0.1) is 0 Å². The molecule has 4 heterocycles. The number of hydrogen-bond donors (Lipinski definition) is 1. The van der Waals surface area contributed by atoms with Crippen LogP contribution in [0.1, 0.15) is 27.2 Å². The monoisotopic (exact) mass is 549 g/mol. The number of imidazole rings is 1. The first-order chi connectivity index (χ1) is 19.1. The summed E-state index contributed by atoms with van der Waals surface area (Å²) in [5.41, 5.74) is 1.03. The maximum Gasteiger partial charge on any atom is 0.435 e. The molecule has 0 radical (unpaired) electrons. The predicted octanol–water partition coefficient (Wildman–Crippen LogP) is 4.21. The van der Waals surface area contributed by atoms with E-state index in [0.717, 1.165) is 4.68 Å². The van der Waals surface area contributed by atoms with Gasteiger partial charge in [0.2, 0.25) is 0 Å². The van der Waals surface area contributed by atoms with E-state index >= 15 is 0 Å². The van der Waals surface area contributed by atoms with Gasteiger partial charge in [-0.15, -0.1) is 0 Å². The second-order valence-electron chi connectivity index (χ2n) is 9.41. The first kappa shape index (κ1) is 25.3. The van der Waals surface area contributed by atoms with Crippen LogP contribution in [0.5, 0.6) is 11.5 Å². The number of ether oxygens (including phenoxy) is 1. The van der Waals surface area contributed by atoms with Crippen molar-refractivity contribution in [3.8, 4) is 22.6 Å². The zero-order valence-corrected chi connectivity index (χ0v) is 21.3. The Bertz CT molecular complexity index is 1760. The molecule has 3 aromatic heterocycles. The van der Waals surface area contributed by atoms with Crippen molar-refractivity contribution in [2.24, 2.45) is 7.05 Å². The quantitative estimate of drug-likeness (QED) is 0.350.